The highest BCUT2D eigenvalue weighted by Gasteiger charge is 2.60. The van der Waals surface area contributed by atoms with Crippen molar-refractivity contribution in [3.8, 4) is 0 Å². The van der Waals surface area contributed by atoms with Crippen LogP contribution in [0.1, 0.15) is 45.6 Å². The fourth-order valence-electron chi connectivity index (χ4n) is 4.12. The molecule has 27 heavy (non-hydrogen) atoms. The Morgan fingerprint density at radius 1 is 1.22 bits per heavy atom. The van der Waals surface area contributed by atoms with Gasteiger partial charge in [0.05, 0.1) is 12.2 Å². The molecule has 1 N–H and O–H groups in total. The lowest BCUT2D eigenvalue weighted by atomic mass is 9.75. The minimum absolute atomic E-state index is 0.0609. The first-order chi connectivity index (χ1) is 12.8. The molecule has 5 heteroatoms. The normalized spacial score (nSPS) is 35.6. The van der Waals surface area contributed by atoms with E-state index in [1.54, 1.807) is 13.0 Å². The summed E-state index contributed by atoms with van der Waals surface area (Å²) in [4.78, 5) is 12.7. The van der Waals surface area contributed by atoms with Crippen LogP contribution in [0.3, 0.4) is 0 Å². The van der Waals surface area contributed by atoms with Crippen molar-refractivity contribution < 1.29 is 24.1 Å². The number of benzene rings is 1. The Morgan fingerprint density at radius 2 is 1.93 bits per heavy atom. The lowest BCUT2D eigenvalue weighted by Gasteiger charge is -2.46. The van der Waals surface area contributed by atoms with Gasteiger partial charge < -0.3 is 19.3 Å². The summed E-state index contributed by atoms with van der Waals surface area (Å²) >= 11 is 0. The third kappa shape index (κ3) is 4.10. The van der Waals surface area contributed by atoms with Crippen molar-refractivity contribution in [1.29, 1.82) is 0 Å². The van der Waals surface area contributed by atoms with Gasteiger partial charge in [-0.25, -0.2) is 0 Å². The zero-order valence-electron chi connectivity index (χ0n) is 16.4. The largest absolute Gasteiger partial charge is 0.459 e. The van der Waals surface area contributed by atoms with E-state index >= 15 is 0 Å². The van der Waals surface area contributed by atoms with Crippen molar-refractivity contribution in [3.05, 3.63) is 48.6 Å². The Balaban J connectivity index is 1.74. The molecule has 5 nitrogen and oxygen atoms in total. The van der Waals surface area contributed by atoms with Gasteiger partial charge in [0.25, 0.3) is 0 Å². The van der Waals surface area contributed by atoms with Gasteiger partial charge in [-0.3, -0.25) is 4.79 Å². The topological polar surface area (TPSA) is 65.0 Å². The minimum Gasteiger partial charge on any atom is -0.459 e. The Kier molecular flexibility index (Phi) is 5.75. The van der Waals surface area contributed by atoms with Crippen LogP contribution in [-0.2, 0) is 25.4 Å². The van der Waals surface area contributed by atoms with E-state index in [0.29, 0.717) is 12.8 Å². The van der Waals surface area contributed by atoms with E-state index in [4.69, 9.17) is 14.2 Å². The van der Waals surface area contributed by atoms with Crippen LogP contribution in [0.4, 0.5) is 0 Å². The Hall–Kier alpha value is -1.69. The molecule has 0 saturated carbocycles. The van der Waals surface area contributed by atoms with E-state index in [1.165, 1.54) is 5.56 Å². The number of aliphatic hydroxyl groups excluding tert-OH is 1. The van der Waals surface area contributed by atoms with Crippen molar-refractivity contribution in [2.24, 2.45) is 5.41 Å². The van der Waals surface area contributed by atoms with E-state index in [9.17, 15) is 9.90 Å². The van der Waals surface area contributed by atoms with Crippen LogP contribution in [0.15, 0.2) is 43.0 Å². The molecular formula is C22H30O5. The maximum Gasteiger partial charge on any atom is 0.317 e. The Labute approximate surface area is 161 Å². The summed E-state index contributed by atoms with van der Waals surface area (Å²) in [7, 11) is 0. The molecule has 0 spiro atoms. The highest BCUT2D eigenvalue weighted by Crippen LogP contribution is 2.45. The molecule has 148 valence electrons. The predicted molar refractivity (Wildman–Crippen MR) is 102 cm³/mol. The third-order valence-corrected chi connectivity index (χ3v) is 5.68. The van der Waals surface area contributed by atoms with Crippen LogP contribution in [0.25, 0.3) is 0 Å². The zero-order valence-corrected chi connectivity index (χ0v) is 16.4. The van der Waals surface area contributed by atoms with Gasteiger partial charge in [0, 0.05) is 12.8 Å². The molecular weight excluding hydrogens is 344 g/mol. The molecule has 2 aliphatic heterocycles. The van der Waals surface area contributed by atoms with Crippen LogP contribution in [-0.4, -0.2) is 41.3 Å². The summed E-state index contributed by atoms with van der Waals surface area (Å²) < 4.78 is 17.6. The van der Waals surface area contributed by atoms with Gasteiger partial charge in [-0.2, -0.15) is 0 Å². The van der Waals surface area contributed by atoms with E-state index in [0.717, 1.165) is 12.8 Å². The van der Waals surface area contributed by atoms with Gasteiger partial charge in [0.2, 0.25) is 0 Å². The maximum absolute atomic E-state index is 12.7. The second-order valence-corrected chi connectivity index (χ2v) is 8.20. The van der Waals surface area contributed by atoms with Crippen molar-refractivity contribution in [1.82, 2.24) is 0 Å². The second-order valence-electron chi connectivity index (χ2n) is 8.20. The molecule has 0 unspecified atom stereocenters. The van der Waals surface area contributed by atoms with Gasteiger partial charge in [-0.15, -0.1) is 6.58 Å². The van der Waals surface area contributed by atoms with E-state index in [2.05, 4.69) is 18.7 Å². The van der Waals surface area contributed by atoms with Gasteiger partial charge >= 0.3 is 5.97 Å². The molecule has 0 aromatic heterocycles. The number of esters is 1. The molecule has 2 heterocycles. The van der Waals surface area contributed by atoms with Crippen LogP contribution in [0.2, 0.25) is 0 Å². The van der Waals surface area contributed by atoms with Gasteiger partial charge in [-0.05, 0) is 39.2 Å². The summed E-state index contributed by atoms with van der Waals surface area (Å²) in [6.45, 7) is 9.12. The van der Waals surface area contributed by atoms with E-state index < -0.39 is 35.5 Å². The number of rotatable bonds is 6. The molecule has 5 atom stereocenters. The lowest BCUT2D eigenvalue weighted by molar-refractivity contribution is -0.319. The summed E-state index contributed by atoms with van der Waals surface area (Å²) in [6, 6.07) is 10.3. The number of hydrogen-bond donors (Lipinski definition) is 1. The molecule has 2 saturated heterocycles. The SMILES string of the molecule is C=CC[C@@H]1OC(=O)[C@@](C)([C@H]2C[C@@H](CCc3ccccc3)OC(C)(C)O2)[C@@H]1O. The van der Waals surface area contributed by atoms with Gasteiger partial charge in [-0.1, -0.05) is 36.4 Å². The Bertz CT molecular complexity index is 671. The smallest absolute Gasteiger partial charge is 0.317 e. The molecule has 0 amide bonds. The fraction of sp³-hybridized carbons (Fsp3) is 0.591. The molecule has 2 aliphatic rings. The average molecular weight is 374 g/mol. The molecule has 2 fully saturated rings. The van der Waals surface area contributed by atoms with Crippen LogP contribution in [0, 0.1) is 5.41 Å². The molecule has 0 radical (unpaired) electrons. The highest BCUT2D eigenvalue weighted by atomic mass is 16.7. The minimum atomic E-state index is -1.11. The summed E-state index contributed by atoms with van der Waals surface area (Å²) in [5, 5.41) is 10.8. The number of carbonyl (C=O) groups excluding carboxylic acids is 1. The van der Waals surface area contributed by atoms with E-state index in [-0.39, 0.29) is 6.10 Å². The quantitative estimate of drug-likeness (QED) is 0.611. The van der Waals surface area contributed by atoms with Crippen molar-refractivity contribution in [3.63, 3.8) is 0 Å². The number of aryl methyl sites for hydroxylation is 1. The number of carbonyl (C=O) groups is 1. The first-order valence-electron chi connectivity index (χ1n) is 9.66. The first-order valence-corrected chi connectivity index (χ1v) is 9.66. The lowest BCUT2D eigenvalue weighted by Crippen LogP contribution is -2.55. The monoisotopic (exact) mass is 374 g/mol. The number of cyclic esters (lactones) is 1. The fourth-order valence-corrected chi connectivity index (χ4v) is 4.12. The summed E-state index contributed by atoms with van der Waals surface area (Å²) in [5.74, 6) is -1.24. The standard InChI is InChI=1S/C22H30O5/c1-5-9-17-19(23)22(4,20(24)25-17)18-14-16(26-21(2,3)27-18)13-12-15-10-7-6-8-11-15/h5-8,10-11,16-19,23H,1,9,12-14H2,2-4H3/t16-,17+,18-,19-,22+/m1/s1. The van der Waals surface area contributed by atoms with Gasteiger partial charge in [0.1, 0.15) is 17.6 Å². The number of hydrogen-bond acceptors (Lipinski definition) is 5. The summed E-state index contributed by atoms with van der Waals surface area (Å²) in [5.41, 5.74) is 0.138. The zero-order chi connectivity index (χ0) is 19.7. The third-order valence-electron chi connectivity index (χ3n) is 5.68. The van der Waals surface area contributed by atoms with E-state index in [1.807, 2.05) is 32.0 Å². The molecule has 0 bridgehead atoms. The van der Waals surface area contributed by atoms with Crippen molar-refractivity contribution >= 4 is 5.97 Å². The van der Waals surface area contributed by atoms with Crippen molar-refractivity contribution in [2.75, 3.05) is 0 Å². The predicted octanol–water partition coefficient (Wildman–Crippen LogP) is 3.40. The number of ether oxygens (including phenoxy) is 3. The van der Waals surface area contributed by atoms with Gasteiger partial charge in [0.15, 0.2) is 5.79 Å². The van der Waals surface area contributed by atoms with Crippen LogP contribution >= 0.6 is 0 Å². The second kappa shape index (κ2) is 7.74. The van der Waals surface area contributed by atoms with Crippen LogP contribution < -0.4 is 0 Å². The van der Waals surface area contributed by atoms with Crippen molar-refractivity contribution in [2.45, 2.75) is 76.7 Å². The van der Waals surface area contributed by atoms with Crippen LogP contribution in [0.5, 0.6) is 0 Å². The maximum atomic E-state index is 12.7. The molecule has 3 rings (SSSR count). The molecule has 1 aromatic rings. The average Bonchev–Trinajstić information content (AvgIpc) is 2.85. The Morgan fingerprint density at radius 3 is 2.59 bits per heavy atom. The molecule has 1 aromatic carbocycles. The molecule has 0 aliphatic carbocycles. The first kappa shape index (κ1) is 20.1. The number of aliphatic hydroxyl groups is 1. The summed E-state index contributed by atoms with van der Waals surface area (Å²) in [6.07, 6.45) is 2.29. The highest BCUT2D eigenvalue weighted by molar-refractivity contribution is 5.80.